The van der Waals surface area contributed by atoms with Crippen molar-refractivity contribution in [2.45, 2.75) is 33.5 Å². The SMILES string of the molecule is Cc1nn(CCO)c(C)c1CNc1cc(CO)ccc1Cl. The van der Waals surface area contributed by atoms with Crippen molar-refractivity contribution in [3.8, 4) is 0 Å². The second-order valence-electron chi connectivity index (χ2n) is 4.92. The molecule has 1 heterocycles. The Morgan fingerprint density at radius 2 is 2.05 bits per heavy atom. The Labute approximate surface area is 129 Å². The Balaban J connectivity index is 2.16. The molecule has 0 fully saturated rings. The Morgan fingerprint density at radius 1 is 1.29 bits per heavy atom. The molecule has 0 saturated carbocycles. The number of aliphatic hydroxyl groups excluding tert-OH is 2. The standard InChI is InChI=1S/C15H20ClN3O2/c1-10-13(11(2)19(18-10)5-6-20)8-17-15-7-12(9-21)3-4-14(15)16/h3-4,7,17,20-21H,5-6,8-9H2,1-2H3. The van der Waals surface area contributed by atoms with Crippen molar-refractivity contribution >= 4 is 17.3 Å². The third-order valence-corrected chi connectivity index (χ3v) is 3.84. The maximum Gasteiger partial charge on any atom is 0.0682 e. The Hall–Kier alpha value is -1.56. The van der Waals surface area contributed by atoms with Gasteiger partial charge in [-0.2, -0.15) is 5.10 Å². The molecular formula is C15H20ClN3O2. The fraction of sp³-hybridized carbons (Fsp3) is 0.400. The molecule has 0 aliphatic heterocycles. The summed E-state index contributed by atoms with van der Waals surface area (Å²) in [6, 6.07) is 5.40. The normalized spacial score (nSPS) is 10.9. The number of nitrogens with one attached hydrogen (secondary N) is 1. The van der Waals surface area contributed by atoms with Crippen LogP contribution in [0.3, 0.4) is 0 Å². The molecule has 0 aliphatic rings. The van der Waals surface area contributed by atoms with Crippen LogP contribution in [-0.2, 0) is 19.7 Å². The molecule has 21 heavy (non-hydrogen) atoms. The van der Waals surface area contributed by atoms with E-state index in [2.05, 4.69) is 10.4 Å². The van der Waals surface area contributed by atoms with Gasteiger partial charge in [-0.3, -0.25) is 4.68 Å². The maximum absolute atomic E-state index is 9.18. The second-order valence-corrected chi connectivity index (χ2v) is 5.33. The average Bonchev–Trinajstić information content (AvgIpc) is 2.73. The Bertz CT molecular complexity index is 626. The summed E-state index contributed by atoms with van der Waals surface area (Å²) in [4.78, 5) is 0. The van der Waals surface area contributed by atoms with E-state index < -0.39 is 0 Å². The number of nitrogens with zero attached hydrogens (tertiary/aromatic N) is 2. The summed E-state index contributed by atoms with van der Waals surface area (Å²) in [5.41, 5.74) is 4.66. The minimum atomic E-state index is -0.0155. The number of hydrogen-bond donors (Lipinski definition) is 3. The van der Waals surface area contributed by atoms with Crippen LogP contribution >= 0.6 is 11.6 Å². The lowest BCUT2D eigenvalue weighted by atomic mass is 10.1. The van der Waals surface area contributed by atoms with Crippen LogP contribution in [0.2, 0.25) is 5.02 Å². The molecule has 0 saturated heterocycles. The monoisotopic (exact) mass is 309 g/mol. The Morgan fingerprint density at radius 3 is 2.71 bits per heavy atom. The highest BCUT2D eigenvalue weighted by Gasteiger charge is 2.11. The van der Waals surface area contributed by atoms with Crippen molar-refractivity contribution in [2.24, 2.45) is 0 Å². The summed E-state index contributed by atoms with van der Waals surface area (Å²) in [5.74, 6) is 0. The highest BCUT2D eigenvalue weighted by atomic mass is 35.5. The van der Waals surface area contributed by atoms with E-state index >= 15 is 0 Å². The molecule has 114 valence electrons. The van der Waals surface area contributed by atoms with Crippen LogP contribution in [0, 0.1) is 13.8 Å². The van der Waals surface area contributed by atoms with Gasteiger partial charge in [0, 0.05) is 17.8 Å². The summed E-state index contributed by atoms with van der Waals surface area (Å²) in [7, 11) is 0. The van der Waals surface area contributed by atoms with Crippen LogP contribution in [0.5, 0.6) is 0 Å². The van der Waals surface area contributed by atoms with Gasteiger partial charge in [-0.15, -0.1) is 0 Å². The molecule has 6 heteroatoms. The van der Waals surface area contributed by atoms with Gasteiger partial charge in [0.25, 0.3) is 0 Å². The van der Waals surface area contributed by atoms with Crippen molar-refractivity contribution in [1.82, 2.24) is 9.78 Å². The van der Waals surface area contributed by atoms with E-state index in [4.69, 9.17) is 16.7 Å². The van der Waals surface area contributed by atoms with E-state index in [1.165, 1.54) is 0 Å². The fourth-order valence-electron chi connectivity index (χ4n) is 2.29. The first-order chi connectivity index (χ1) is 10.1. The molecule has 1 aromatic carbocycles. The minimum Gasteiger partial charge on any atom is -0.394 e. The summed E-state index contributed by atoms with van der Waals surface area (Å²) >= 11 is 6.16. The third kappa shape index (κ3) is 3.56. The number of anilines is 1. The molecule has 0 unspecified atom stereocenters. The molecule has 0 radical (unpaired) electrons. The van der Waals surface area contributed by atoms with Crippen LogP contribution in [0.1, 0.15) is 22.5 Å². The van der Waals surface area contributed by atoms with Crippen LogP contribution in [-0.4, -0.2) is 26.6 Å². The fourth-order valence-corrected chi connectivity index (χ4v) is 2.48. The highest BCUT2D eigenvalue weighted by molar-refractivity contribution is 6.33. The van der Waals surface area contributed by atoms with Crippen molar-refractivity contribution in [1.29, 1.82) is 0 Å². The van der Waals surface area contributed by atoms with Gasteiger partial charge in [-0.25, -0.2) is 0 Å². The zero-order valence-electron chi connectivity index (χ0n) is 12.2. The van der Waals surface area contributed by atoms with Crippen molar-refractivity contribution in [3.05, 3.63) is 45.7 Å². The van der Waals surface area contributed by atoms with Gasteiger partial charge in [-0.05, 0) is 31.5 Å². The summed E-state index contributed by atoms with van der Waals surface area (Å²) in [6.07, 6.45) is 0. The van der Waals surface area contributed by atoms with Gasteiger partial charge in [0.1, 0.15) is 0 Å². The van der Waals surface area contributed by atoms with Gasteiger partial charge in [0.05, 0.1) is 36.2 Å². The zero-order chi connectivity index (χ0) is 15.4. The zero-order valence-corrected chi connectivity index (χ0v) is 13.0. The van der Waals surface area contributed by atoms with E-state index in [0.717, 1.165) is 28.2 Å². The van der Waals surface area contributed by atoms with Crippen molar-refractivity contribution in [3.63, 3.8) is 0 Å². The third-order valence-electron chi connectivity index (χ3n) is 3.51. The molecule has 0 spiro atoms. The van der Waals surface area contributed by atoms with E-state index in [-0.39, 0.29) is 13.2 Å². The van der Waals surface area contributed by atoms with E-state index in [1.807, 2.05) is 19.9 Å². The molecular weight excluding hydrogens is 290 g/mol. The van der Waals surface area contributed by atoms with Gasteiger partial charge in [0.15, 0.2) is 0 Å². The largest absolute Gasteiger partial charge is 0.394 e. The first kappa shape index (κ1) is 15.8. The van der Waals surface area contributed by atoms with Gasteiger partial charge in [0.2, 0.25) is 0 Å². The highest BCUT2D eigenvalue weighted by Crippen LogP contribution is 2.24. The average molecular weight is 310 g/mol. The smallest absolute Gasteiger partial charge is 0.0682 e. The van der Waals surface area contributed by atoms with E-state index in [9.17, 15) is 5.11 Å². The maximum atomic E-state index is 9.18. The number of halogens is 1. The molecule has 3 N–H and O–H groups in total. The lowest BCUT2D eigenvalue weighted by Gasteiger charge is -2.10. The summed E-state index contributed by atoms with van der Waals surface area (Å²) in [5, 5.41) is 26.5. The van der Waals surface area contributed by atoms with Crippen LogP contribution in [0.15, 0.2) is 18.2 Å². The number of rotatable bonds is 6. The molecule has 2 aromatic rings. The van der Waals surface area contributed by atoms with Crippen molar-refractivity contribution < 1.29 is 10.2 Å². The number of aryl methyl sites for hydroxylation is 1. The minimum absolute atomic E-state index is 0.0155. The van der Waals surface area contributed by atoms with E-state index in [0.29, 0.717) is 18.1 Å². The first-order valence-electron chi connectivity index (χ1n) is 6.83. The number of aliphatic hydroxyl groups is 2. The Kier molecular flexibility index (Phi) is 5.22. The predicted octanol–water partition coefficient (Wildman–Crippen LogP) is 2.25. The predicted molar refractivity (Wildman–Crippen MR) is 83.5 cm³/mol. The van der Waals surface area contributed by atoms with Gasteiger partial charge >= 0.3 is 0 Å². The first-order valence-corrected chi connectivity index (χ1v) is 7.21. The molecule has 0 amide bonds. The molecule has 5 nitrogen and oxygen atoms in total. The lowest BCUT2D eigenvalue weighted by Crippen LogP contribution is -2.07. The number of benzene rings is 1. The molecule has 0 aliphatic carbocycles. The second kappa shape index (κ2) is 6.93. The molecule has 0 atom stereocenters. The molecule has 1 aromatic heterocycles. The number of hydrogen-bond acceptors (Lipinski definition) is 4. The summed E-state index contributed by atoms with van der Waals surface area (Å²) in [6.45, 7) is 5.07. The van der Waals surface area contributed by atoms with Gasteiger partial charge < -0.3 is 15.5 Å². The quantitative estimate of drug-likeness (QED) is 0.765. The van der Waals surface area contributed by atoms with Crippen molar-refractivity contribution in [2.75, 3.05) is 11.9 Å². The van der Waals surface area contributed by atoms with E-state index in [1.54, 1.807) is 16.8 Å². The topological polar surface area (TPSA) is 70.3 Å². The van der Waals surface area contributed by atoms with Crippen LogP contribution in [0.25, 0.3) is 0 Å². The molecule has 2 rings (SSSR count). The number of aromatic nitrogens is 2. The van der Waals surface area contributed by atoms with Crippen LogP contribution in [0.4, 0.5) is 5.69 Å². The molecule has 0 bridgehead atoms. The summed E-state index contributed by atoms with van der Waals surface area (Å²) < 4.78 is 1.80. The van der Waals surface area contributed by atoms with Gasteiger partial charge in [-0.1, -0.05) is 17.7 Å². The van der Waals surface area contributed by atoms with Crippen LogP contribution < -0.4 is 5.32 Å². The lowest BCUT2D eigenvalue weighted by molar-refractivity contribution is 0.268.